The number of benzene rings is 1. The number of nitrogens with one attached hydrogen (secondary N) is 1. The van der Waals surface area contributed by atoms with E-state index in [0.29, 0.717) is 6.04 Å². The molecule has 2 heterocycles. The first-order valence-electron chi connectivity index (χ1n) is 6.10. The van der Waals surface area contributed by atoms with Crippen LogP contribution < -0.4 is 10.1 Å². The average molecular weight is 264 g/mol. The molecule has 0 bridgehead atoms. The van der Waals surface area contributed by atoms with E-state index in [9.17, 15) is 0 Å². The predicted octanol–water partition coefficient (Wildman–Crippen LogP) is 2.08. The average Bonchev–Trinajstić information content (AvgIpc) is 2.80. The molecule has 18 heavy (non-hydrogen) atoms. The smallest absolute Gasteiger partial charge is 0.197 e. The molecule has 0 amide bonds. The van der Waals surface area contributed by atoms with Crippen molar-refractivity contribution in [2.24, 2.45) is 0 Å². The van der Waals surface area contributed by atoms with E-state index in [2.05, 4.69) is 10.3 Å². The van der Waals surface area contributed by atoms with Crippen molar-refractivity contribution in [2.75, 3.05) is 25.2 Å². The van der Waals surface area contributed by atoms with Crippen LogP contribution >= 0.6 is 11.8 Å². The van der Waals surface area contributed by atoms with Crippen molar-refractivity contribution in [1.82, 2.24) is 10.3 Å². The van der Waals surface area contributed by atoms with E-state index >= 15 is 0 Å². The molecule has 1 N–H and O–H groups in total. The second-order valence-corrected chi connectivity index (χ2v) is 5.52. The Kier molecular flexibility index (Phi) is 3.43. The second kappa shape index (κ2) is 5.20. The zero-order valence-corrected chi connectivity index (χ0v) is 11.1. The van der Waals surface area contributed by atoms with Gasteiger partial charge in [0.1, 0.15) is 11.3 Å². The fourth-order valence-corrected chi connectivity index (χ4v) is 3.08. The SMILES string of the molecule is COc1ccc2nc(CC3CSCCN3)oc2c1. The van der Waals surface area contributed by atoms with E-state index in [0.717, 1.165) is 41.5 Å². The number of nitrogens with zero attached hydrogens (tertiary/aromatic N) is 1. The molecule has 5 heteroatoms. The monoisotopic (exact) mass is 264 g/mol. The first-order valence-corrected chi connectivity index (χ1v) is 7.25. The van der Waals surface area contributed by atoms with E-state index in [4.69, 9.17) is 9.15 Å². The molecule has 0 spiro atoms. The van der Waals surface area contributed by atoms with Gasteiger partial charge in [0.05, 0.1) is 7.11 Å². The zero-order chi connectivity index (χ0) is 12.4. The topological polar surface area (TPSA) is 47.3 Å². The fourth-order valence-electron chi connectivity index (χ4n) is 2.13. The normalized spacial score (nSPS) is 20.2. The van der Waals surface area contributed by atoms with E-state index < -0.39 is 0 Å². The van der Waals surface area contributed by atoms with Crippen LogP contribution in [0.3, 0.4) is 0 Å². The first-order chi connectivity index (χ1) is 8.85. The third-order valence-corrected chi connectivity index (χ3v) is 4.19. The van der Waals surface area contributed by atoms with Crippen molar-refractivity contribution in [2.45, 2.75) is 12.5 Å². The van der Waals surface area contributed by atoms with E-state index in [1.165, 1.54) is 5.75 Å². The number of methoxy groups -OCH3 is 1. The summed E-state index contributed by atoms with van der Waals surface area (Å²) in [6.45, 7) is 1.07. The molecule has 3 rings (SSSR count). The van der Waals surface area contributed by atoms with Crippen LogP contribution in [0.5, 0.6) is 5.75 Å². The Morgan fingerprint density at radius 2 is 2.50 bits per heavy atom. The molecule has 1 fully saturated rings. The van der Waals surface area contributed by atoms with Crippen LogP contribution in [0, 0.1) is 0 Å². The minimum atomic E-state index is 0.471. The van der Waals surface area contributed by atoms with Crippen molar-refractivity contribution in [3.8, 4) is 5.75 Å². The number of fused-ring (bicyclic) bond motifs is 1. The molecule has 4 nitrogen and oxygen atoms in total. The minimum Gasteiger partial charge on any atom is -0.497 e. The van der Waals surface area contributed by atoms with Crippen molar-refractivity contribution in [3.05, 3.63) is 24.1 Å². The lowest BCUT2D eigenvalue weighted by Gasteiger charge is -2.21. The van der Waals surface area contributed by atoms with Crippen LogP contribution in [0.15, 0.2) is 22.6 Å². The molecular formula is C13H16N2O2S. The maximum Gasteiger partial charge on any atom is 0.197 e. The van der Waals surface area contributed by atoms with Gasteiger partial charge in [-0.3, -0.25) is 0 Å². The largest absolute Gasteiger partial charge is 0.497 e. The Morgan fingerprint density at radius 1 is 1.56 bits per heavy atom. The van der Waals surface area contributed by atoms with Gasteiger partial charge in [-0.1, -0.05) is 0 Å². The number of thioether (sulfide) groups is 1. The summed E-state index contributed by atoms with van der Waals surface area (Å²) < 4.78 is 11.0. The van der Waals surface area contributed by atoms with Gasteiger partial charge in [0, 0.05) is 36.6 Å². The molecule has 2 aromatic rings. The van der Waals surface area contributed by atoms with Crippen LogP contribution in [-0.2, 0) is 6.42 Å². The summed E-state index contributed by atoms with van der Waals surface area (Å²) in [7, 11) is 1.65. The summed E-state index contributed by atoms with van der Waals surface area (Å²) >= 11 is 1.98. The van der Waals surface area contributed by atoms with Gasteiger partial charge in [-0.15, -0.1) is 0 Å². The molecule has 0 aliphatic carbocycles. The third-order valence-electron chi connectivity index (χ3n) is 3.06. The van der Waals surface area contributed by atoms with Crippen LogP contribution in [0.1, 0.15) is 5.89 Å². The Morgan fingerprint density at radius 3 is 3.28 bits per heavy atom. The third kappa shape index (κ3) is 2.47. The Labute approximate surface area is 110 Å². The molecule has 0 radical (unpaired) electrons. The van der Waals surface area contributed by atoms with Crippen LogP contribution in [0.25, 0.3) is 11.1 Å². The highest BCUT2D eigenvalue weighted by Gasteiger charge is 2.16. The Bertz CT molecular complexity index is 535. The molecule has 1 atom stereocenters. The summed E-state index contributed by atoms with van der Waals surface area (Å²) in [6, 6.07) is 6.20. The number of oxazole rings is 1. The first kappa shape index (κ1) is 11.9. The molecule has 1 aliphatic heterocycles. The summed E-state index contributed by atoms with van der Waals surface area (Å²) in [5.41, 5.74) is 1.70. The van der Waals surface area contributed by atoms with E-state index in [-0.39, 0.29) is 0 Å². The maximum atomic E-state index is 5.77. The van der Waals surface area contributed by atoms with Gasteiger partial charge >= 0.3 is 0 Å². The minimum absolute atomic E-state index is 0.471. The zero-order valence-electron chi connectivity index (χ0n) is 10.3. The van der Waals surface area contributed by atoms with Gasteiger partial charge in [-0.05, 0) is 12.1 Å². The van der Waals surface area contributed by atoms with Crippen molar-refractivity contribution < 1.29 is 9.15 Å². The molecule has 0 saturated carbocycles. The lowest BCUT2D eigenvalue weighted by molar-refractivity contribution is 0.414. The number of ether oxygens (including phenoxy) is 1. The Hall–Kier alpha value is -1.20. The lowest BCUT2D eigenvalue weighted by Crippen LogP contribution is -2.38. The maximum absolute atomic E-state index is 5.77. The highest BCUT2D eigenvalue weighted by Crippen LogP contribution is 2.22. The van der Waals surface area contributed by atoms with Crippen LogP contribution in [0.4, 0.5) is 0 Å². The van der Waals surface area contributed by atoms with E-state index in [1.54, 1.807) is 7.11 Å². The van der Waals surface area contributed by atoms with Gasteiger partial charge in [-0.25, -0.2) is 4.98 Å². The van der Waals surface area contributed by atoms with Crippen molar-refractivity contribution in [3.63, 3.8) is 0 Å². The molecule has 96 valence electrons. The Balaban J connectivity index is 1.79. The number of rotatable bonds is 3. The van der Waals surface area contributed by atoms with Gasteiger partial charge in [-0.2, -0.15) is 11.8 Å². The lowest BCUT2D eigenvalue weighted by atomic mass is 10.2. The van der Waals surface area contributed by atoms with Gasteiger partial charge in [0.2, 0.25) is 0 Å². The number of aromatic nitrogens is 1. The second-order valence-electron chi connectivity index (χ2n) is 4.37. The van der Waals surface area contributed by atoms with Crippen molar-refractivity contribution in [1.29, 1.82) is 0 Å². The summed E-state index contributed by atoms with van der Waals surface area (Å²) in [5.74, 6) is 3.93. The molecule has 1 unspecified atom stereocenters. The quantitative estimate of drug-likeness (QED) is 0.919. The fraction of sp³-hybridized carbons (Fsp3) is 0.462. The summed E-state index contributed by atoms with van der Waals surface area (Å²) in [5, 5.41) is 3.49. The standard InChI is InChI=1S/C13H16N2O2S/c1-16-10-2-3-11-12(7-10)17-13(15-11)6-9-8-18-5-4-14-9/h2-3,7,9,14H,4-6,8H2,1H3. The predicted molar refractivity (Wildman–Crippen MR) is 73.4 cm³/mol. The molecule has 1 aromatic heterocycles. The number of hydrogen-bond acceptors (Lipinski definition) is 5. The van der Waals surface area contributed by atoms with Gasteiger partial charge < -0.3 is 14.5 Å². The van der Waals surface area contributed by atoms with Crippen molar-refractivity contribution >= 4 is 22.9 Å². The highest BCUT2D eigenvalue weighted by atomic mass is 32.2. The van der Waals surface area contributed by atoms with Crippen LogP contribution in [-0.4, -0.2) is 36.2 Å². The van der Waals surface area contributed by atoms with E-state index in [1.807, 2.05) is 30.0 Å². The van der Waals surface area contributed by atoms with Crippen LogP contribution in [0.2, 0.25) is 0 Å². The summed E-state index contributed by atoms with van der Waals surface area (Å²) in [6.07, 6.45) is 0.851. The molecular weight excluding hydrogens is 248 g/mol. The van der Waals surface area contributed by atoms with Gasteiger partial charge in [0.25, 0.3) is 0 Å². The molecule has 1 aromatic carbocycles. The molecule has 1 saturated heterocycles. The highest BCUT2D eigenvalue weighted by molar-refractivity contribution is 7.99. The summed E-state index contributed by atoms with van der Waals surface area (Å²) in [4.78, 5) is 4.51. The number of hydrogen-bond donors (Lipinski definition) is 1. The van der Waals surface area contributed by atoms with Gasteiger partial charge in [0.15, 0.2) is 11.5 Å². The molecule has 1 aliphatic rings.